The first-order valence-electron chi connectivity index (χ1n) is 6.67. The summed E-state index contributed by atoms with van der Waals surface area (Å²) in [5.74, 6) is 0.956. The number of hydrogen-bond donors (Lipinski definition) is 1. The van der Waals surface area contributed by atoms with Crippen LogP contribution in [0, 0.1) is 0 Å². The minimum atomic E-state index is -0.369. The second-order valence-corrected chi connectivity index (χ2v) is 4.28. The molecule has 0 spiro atoms. The number of aromatic nitrogens is 2. The summed E-state index contributed by atoms with van der Waals surface area (Å²) in [5.41, 5.74) is 0.488. The van der Waals surface area contributed by atoms with E-state index in [0.717, 1.165) is 0 Å². The van der Waals surface area contributed by atoms with Crippen LogP contribution in [0.15, 0.2) is 30.6 Å². The van der Waals surface area contributed by atoms with E-state index < -0.39 is 0 Å². The van der Waals surface area contributed by atoms with Gasteiger partial charge >= 0.3 is 6.01 Å². The van der Waals surface area contributed by atoms with Crippen molar-refractivity contribution in [3.05, 3.63) is 30.6 Å². The van der Waals surface area contributed by atoms with Gasteiger partial charge in [-0.2, -0.15) is 0 Å². The molecule has 8 heteroatoms. The van der Waals surface area contributed by atoms with Crippen molar-refractivity contribution < 1.29 is 23.7 Å². The number of hydrogen-bond acceptors (Lipinski definition) is 7. The van der Waals surface area contributed by atoms with E-state index in [9.17, 15) is 4.79 Å². The summed E-state index contributed by atoms with van der Waals surface area (Å²) in [5, 5.41) is 2.68. The van der Waals surface area contributed by atoms with E-state index in [1.54, 1.807) is 18.2 Å². The van der Waals surface area contributed by atoms with E-state index in [2.05, 4.69) is 15.3 Å². The summed E-state index contributed by atoms with van der Waals surface area (Å²) in [4.78, 5) is 19.7. The highest BCUT2D eigenvalue weighted by molar-refractivity contribution is 5.92. The van der Waals surface area contributed by atoms with Crippen molar-refractivity contribution in [1.29, 1.82) is 0 Å². The maximum Gasteiger partial charge on any atom is 0.316 e. The molecule has 1 heterocycles. The van der Waals surface area contributed by atoms with Crippen molar-refractivity contribution in [3.63, 3.8) is 0 Å². The molecule has 0 unspecified atom stereocenters. The van der Waals surface area contributed by atoms with Crippen LogP contribution in [0.1, 0.15) is 0 Å². The number of nitrogens with one attached hydrogen (secondary N) is 1. The Balaban J connectivity index is 2.05. The van der Waals surface area contributed by atoms with Gasteiger partial charge in [-0.3, -0.25) is 4.79 Å². The monoisotopic (exact) mass is 319 g/mol. The van der Waals surface area contributed by atoms with Gasteiger partial charge in [0.25, 0.3) is 5.91 Å². The molecule has 0 saturated carbocycles. The molecular weight excluding hydrogens is 302 g/mol. The quantitative estimate of drug-likeness (QED) is 0.827. The van der Waals surface area contributed by atoms with Crippen LogP contribution in [-0.4, -0.2) is 43.8 Å². The van der Waals surface area contributed by atoms with Gasteiger partial charge < -0.3 is 24.3 Å². The third-order valence-corrected chi connectivity index (χ3v) is 2.82. The first kappa shape index (κ1) is 16.3. The van der Waals surface area contributed by atoms with Gasteiger partial charge in [0.2, 0.25) is 5.75 Å². The lowest BCUT2D eigenvalue weighted by Gasteiger charge is -2.14. The molecule has 0 atom stereocenters. The number of carbonyl (C=O) groups excluding carboxylic acids is 1. The largest absolute Gasteiger partial charge is 0.493 e. The smallest absolute Gasteiger partial charge is 0.316 e. The lowest BCUT2D eigenvalue weighted by molar-refractivity contribution is -0.118. The summed E-state index contributed by atoms with van der Waals surface area (Å²) in [6.45, 7) is -0.222. The number of rotatable bonds is 7. The van der Waals surface area contributed by atoms with Gasteiger partial charge in [0.15, 0.2) is 18.1 Å². The molecule has 23 heavy (non-hydrogen) atoms. The Labute approximate surface area is 133 Å². The fourth-order valence-electron chi connectivity index (χ4n) is 1.84. The molecule has 0 aliphatic carbocycles. The Bertz CT molecular complexity index is 638. The second kappa shape index (κ2) is 7.83. The Kier molecular flexibility index (Phi) is 5.56. The van der Waals surface area contributed by atoms with Crippen LogP contribution in [0.25, 0.3) is 0 Å². The van der Waals surface area contributed by atoms with Crippen LogP contribution in [0.3, 0.4) is 0 Å². The molecule has 0 radical (unpaired) electrons. The zero-order valence-corrected chi connectivity index (χ0v) is 13.0. The predicted molar refractivity (Wildman–Crippen MR) is 82.3 cm³/mol. The first-order chi connectivity index (χ1) is 11.2. The molecule has 1 aromatic heterocycles. The number of benzene rings is 1. The molecule has 0 aliphatic heterocycles. The highest BCUT2D eigenvalue weighted by Gasteiger charge is 2.14. The average molecular weight is 319 g/mol. The molecule has 0 fully saturated rings. The molecule has 1 amide bonds. The number of amides is 1. The first-order valence-corrected chi connectivity index (χ1v) is 6.67. The summed E-state index contributed by atoms with van der Waals surface area (Å²) in [6, 6.07) is 5.03. The molecule has 0 saturated heterocycles. The van der Waals surface area contributed by atoms with Crippen LogP contribution in [-0.2, 0) is 4.79 Å². The maximum absolute atomic E-state index is 11.9. The van der Waals surface area contributed by atoms with Gasteiger partial charge in [0.05, 0.1) is 21.3 Å². The minimum Gasteiger partial charge on any atom is -0.493 e. The molecule has 0 bridgehead atoms. The highest BCUT2D eigenvalue weighted by atomic mass is 16.5. The summed E-state index contributed by atoms with van der Waals surface area (Å²) in [7, 11) is 4.50. The summed E-state index contributed by atoms with van der Waals surface area (Å²) < 4.78 is 20.8. The third kappa shape index (κ3) is 4.22. The predicted octanol–water partition coefficient (Wildman–Crippen LogP) is 1.52. The van der Waals surface area contributed by atoms with Gasteiger partial charge in [0.1, 0.15) is 0 Å². The van der Waals surface area contributed by atoms with Gasteiger partial charge in [0, 0.05) is 30.2 Å². The Morgan fingerprint density at radius 3 is 2.17 bits per heavy atom. The molecule has 122 valence electrons. The van der Waals surface area contributed by atoms with Crippen LogP contribution >= 0.6 is 0 Å². The van der Waals surface area contributed by atoms with E-state index in [4.69, 9.17) is 18.9 Å². The maximum atomic E-state index is 11.9. The van der Waals surface area contributed by atoms with E-state index in [1.807, 2.05) is 0 Å². The number of anilines is 1. The van der Waals surface area contributed by atoms with Crippen LogP contribution in [0.5, 0.6) is 23.3 Å². The number of ether oxygens (including phenoxy) is 4. The average Bonchev–Trinajstić information content (AvgIpc) is 2.59. The minimum absolute atomic E-state index is 0.132. The second-order valence-electron chi connectivity index (χ2n) is 4.28. The van der Waals surface area contributed by atoms with Gasteiger partial charge in [-0.15, -0.1) is 0 Å². The van der Waals surface area contributed by atoms with Crippen molar-refractivity contribution in [3.8, 4) is 23.3 Å². The SMILES string of the molecule is COc1cc(NC(=O)COc2ncccn2)cc(OC)c1OC. The lowest BCUT2D eigenvalue weighted by atomic mass is 10.2. The normalized spacial score (nSPS) is 9.87. The zero-order chi connectivity index (χ0) is 16.7. The van der Waals surface area contributed by atoms with Crippen LogP contribution < -0.4 is 24.3 Å². The van der Waals surface area contributed by atoms with E-state index in [0.29, 0.717) is 22.9 Å². The van der Waals surface area contributed by atoms with E-state index in [1.165, 1.54) is 33.7 Å². The van der Waals surface area contributed by atoms with Crippen molar-refractivity contribution in [2.45, 2.75) is 0 Å². The highest BCUT2D eigenvalue weighted by Crippen LogP contribution is 2.39. The molecule has 1 N–H and O–H groups in total. The fourth-order valence-corrected chi connectivity index (χ4v) is 1.84. The standard InChI is InChI=1S/C15H17N3O5/c1-20-11-7-10(8-12(21-2)14(11)22-3)18-13(19)9-23-15-16-5-4-6-17-15/h4-8H,9H2,1-3H3,(H,18,19). The Morgan fingerprint density at radius 2 is 1.65 bits per heavy atom. The topological polar surface area (TPSA) is 91.8 Å². The van der Waals surface area contributed by atoms with Crippen molar-refractivity contribution in [1.82, 2.24) is 9.97 Å². The lowest BCUT2D eigenvalue weighted by Crippen LogP contribution is -2.20. The van der Waals surface area contributed by atoms with E-state index >= 15 is 0 Å². The summed E-state index contributed by atoms with van der Waals surface area (Å²) in [6.07, 6.45) is 3.05. The number of nitrogens with zero attached hydrogens (tertiary/aromatic N) is 2. The molecule has 2 rings (SSSR count). The number of carbonyl (C=O) groups is 1. The Hall–Kier alpha value is -3.03. The van der Waals surface area contributed by atoms with Gasteiger partial charge in [-0.1, -0.05) is 0 Å². The number of methoxy groups -OCH3 is 3. The van der Waals surface area contributed by atoms with Crippen LogP contribution in [0.2, 0.25) is 0 Å². The van der Waals surface area contributed by atoms with E-state index in [-0.39, 0.29) is 18.5 Å². The Morgan fingerprint density at radius 1 is 1.04 bits per heavy atom. The molecule has 2 aromatic rings. The summed E-state index contributed by atoms with van der Waals surface area (Å²) >= 11 is 0. The van der Waals surface area contributed by atoms with Crippen molar-refractivity contribution in [2.24, 2.45) is 0 Å². The van der Waals surface area contributed by atoms with Crippen LogP contribution in [0.4, 0.5) is 5.69 Å². The zero-order valence-electron chi connectivity index (χ0n) is 13.0. The van der Waals surface area contributed by atoms with Gasteiger partial charge in [-0.25, -0.2) is 9.97 Å². The fraction of sp³-hybridized carbons (Fsp3) is 0.267. The van der Waals surface area contributed by atoms with Gasteiger partial charge in [-0.05, 0) is 6.07 Å². The molecular formula is C15H17N3O5. The molecule has 1 aromatic carbocycles. The third-order valence-electron chi connectivity index (χ3n) is 2.82. The molecule has 0 aliphatic rings. The van der Waals surface area contributed by atoms with Crippen molar-refractivity contribution >= 4 is 11.6 Å². The van der Waals surface area contributed by atoms with Crippen molar-refractivity contribution in [2.75, 3.05) is 33.3 Å². The molecule has 8 nitrogen and oxygen atoms in total.